The van der Waals surface area contributed by atoms with Gasteiger partial charge in [0.2, 0.25) is 0 Å². The molecule has 2 aromatic heterocycles. The van der Waals surface area contributed by atoms with E-state index in [1.54, 1.807) is 6.08 Å². The van der Waals surface area contributed by atoms with Crippen molar-refractivity contribution in [2.45, 2.75) is 31.6 Å². The van der Waals surface area contributed by atoms with E-state index in [0.717, 1.165) is 38.2 Å². The zero-order chi connectivity index (χ0) is 27.8. The maximum Gasteiger partial charge on any atom is 0.416 e. The van der Waals surface area contributed by atoms with Crippen LogP contribution in [0.5, 0.6) is 0 Å². The van der Waals surface area contributed by atoms with E-state index >= 15 is 0 Å². The van der Waals surface area contributed by atoms with Gasteiger partial charge < -0.3 is 21.0 Å². The maximum atomic E-state index is 13.9. The molecule has 1 saturated heterocycles. The Bertz CT molecular complexity index is 1410. The van der Waals surface area contributed by atoms with Crippen molar-refractivity contribution >= 4 is 23.9 Å². The van der Waals surface area contributed by atoms with Crippen LogP contribution >= 0.6 is 0 Å². The highest BCUT2D eigenvalue weighted by Crippen LogP contribution is 2.35. The van der Waals surface area contributed by atoms with Crippen molar-refractivity contribution in [3.63, 3.8) is 0 Å². The van der Waals surface area contributed by atoms with Gasteiger partial charge in [0, 0.05) is 42.4 Å². The van der Waals surface area contributed by atoms with Crippen LogP contribution in [-0.2, 0) is 12.7 Å². The number of amides is 1. The van der Waals surface area contributed by atoms with Gasteiger partial charge in [-0.05, 0) is 74.8 Å². The summed E-state index contributed by atoms with van der Waals surface area (Å²) in [7, 11) is 1.89. The van der Waals surface area contributed by atoms with Crippen LogP contribution in [-0.4, -0.2) is 58.2 Å². The Balaban J connectivity index is 1.46. The van der Waals surface area contributed by atoms with E-state index in [2.05, 4.69) is 37.4 Å². The van der Waals surface area contributed by atoms with Gasteiger partial charge >= 0.3 is 6.18 Å². The minimum absolute atomic E-state index is 0.0458. The number of hydrogen-bond acceptors (Lipinski definition) is 6. The van der Waals surface area contributed by atoms with Gasteiger partial charge in [0.15, 0.2) is 0 Å². The van der Waals surface area contributed by atoms with Gasteiger partial charge in [-0.1, -0.05) is 12.0 Å². The van der Waals surface area contributed by atoms with Crippen molar-refractivity contribution in [2.24, 2.45) is 0 Å². The molecule has 0 radical (unpaired) electrons. The Morgan fingerprint density at radius 2 is 2.00 bits per heavy atom. The number of nitrogens with zero attached hydrogens (tertiary/aromatic N) is 3. The first-order chi connectivity index (χ1) is 18.7. The van der Waals surface area contributed by atoms with Crippen molar-refractivity contribution in [1.29, 1.82) is 5.41 Å². The standard InChI is InChI=1S/C28H28F3N7O/c1-33-22-8-11-38(12-9-22)18-20-5-7-23(14-25(20)28(29,30)31)37-27(39)21-13-19(15-34-16-21)4-6-24-17-35-26(36-24)3-2-10-32/h2-3,5,7,10,13-17,22,32-33H,8-9,11-12,18H2,1H3,(H,35,36)(H,37,39)/b3-2-,32-10?. The molecule has 4 rings (SSSR count). The highest BCUT2D eigenvalue weighted by Gasteiger charge is 2.34. The third-order valence-corrected chi connectivity index (χ3v) is 6.35. The average Bonchev–Trinajstić information content (AvgIpc) is 3.39. The molecule has 0 unspecified atom stereocenters. The van der Waals surface area contributed by atoms with E-state index in [1.807, 2.05) is 11.9 Å². The summed E-state index contributed by atoms with van der Waals surface area (Å²) < 4.78 is 41.7. The minimum Gasteiger partial charge on any atom is -0.332 e. The SMILES string of the molecule is CNC1CCN(Cc2ccc(NC(=O)c3cncc(C#Cc4cnc(/C=C\C=N)[nH]4)c3)cc2C(F)(F)F)CC1. The van der Waals surface area contributed by atoms with Gasteiger partial charge in [-0.25, -0.2) is 4.98 Å². The largest absolute Gasteiger partial charge is 0.416 e. The number of pyridine rings is 1. The molecule has 0 atom stereocenters. The summed E-state index contributed by atoms with van der Waals surface area (Å²) in [6, 6.07) is 5.79. The van der Waals surface area contributed by atoms with Crippen LogP contribution < -0.4 is 10.6 Å². The van der Waals surface area contributed by atoms with E-state index in [9.17, 15) is 18.0 Å². The monoisotopic (exact) mass is 535 g/mol. The van der Waals surface area contributed by atoms with Crippen LogP contribution in [0, 0.1) is 17.3 Å². The Morgan fingerprint density at radius 1 is 1.21 bits per heavy atom. The Labute approximate surface area is 224 Å². The van der Waals surface area contributed by atoms with Gasteiger partial charge in [0.1, 0.15) is 11.5 Å². The first kappa shape index (κ1) is 27.8. The van der Waals surface area contributed by atoms with E-state index in [1.165, 1.54) is 42.9 Å². The number of piperidine rings is 1. The third kappa shape index (κ3) is 7.63. The molecule has 39 heavy (non-hydrogen) atoms. The fourth-order valence-electron chi connectivity index (χ4n) is 4.28. The van der Waals surface area contributed by atoms with E-state index in [4.69, 9.17) is 5.41 Å². The number of likely N-dealkylation sites (tertiary alicyclic amines) is 1. The fourth-order valence-corrected chi connectivity index (χ4v) is 4.28. The van der Waals surface area contributed by atoms with Gasteiger partial charge in [0.25, 0.3) is 5.91 Å². The lowest BCUT2D eigenvalue weighted by Crippen LogP contribution is -2.41. The zero-order valence-corrected chi connectivity index (χ0v) is 21.3. The van der Waals surface area contributed by atoms with Crippen molar-refractivity contribution in [1.82, 2.24) is 25.2 Å². The quantitative estimate of drug-likeness (QED) is 0.266. The van der Waals surface area contributed by atoms with Crippen LogP contribution in [0.1, 0.15) is 51.4 Å². The number of aromatic nitrogens is 3. The second-order valence-corrected chi connectivity index (χ2v) is 9.08. The summed E-state index contributed by atoms with van der Waals surface area (Å²) in [5, 5.41) is 12.8. The number of benzene rings is 1. The number of carbonyl (C=O) groups is 1. The molecule has 3 aromatic rings. The number of carbonyl (C=O) groups excluding carboxylic acids is 1. The number of halogens is 3. The summed E-state index contributed by atoms with van der Waals surface area (Å²) in [4.78, 5) is 26.0. The van der Waals surface area contributed by atoms with Gasteiger partial charge in [-0.3, -0.25) is 14.7 Å². The summed E-state index contributed by atoms with van der Waals surface area (Å²) in [6.07, 6.45) is 5.81. The first-order valence-electron chi connectivity index (χ1n) is 12.4. The molecule has 1 aromatic carbocycles. The smallest absolute Gasteiger partial charge is 0.332 e. The highest BCUT2D eigenvalue weighted by atomic mass is 19.4. The molecule has 0 aliphatic carbocycles. The van der Waals surface area contributed by atoms with Crippen molar-refractivity contribution in [3.8, 4) is 11.8 Å². The van der Waals surface area contributed by atoms with Crippen LogP contribution in [0.4, 0.5) is 18.9 Å². The van der Waals surface area contributed by atoms with E-state index < -0.39 is 17.6 Å². The molecule has 1 aliphatic heterocycles. The molecular formula is C28H28F3N7O. The number of nitrogens with one attached hydrogen (secondary N) is 4. The van der Waals surface area contributed by atoms with E-state index in [0.29, 0.717) is 23.1 Å². The van der Waals surface area contributed by atoms with Gasteiger partial charge in [-0.15, -0.1) is 0 Å². The second kappa shape index (κ2) is 12.5. The topological polar surface area (TPSA) is 110 Å². The lowest BCUT2D eigenvalue weighted by Gasteiger charge is -2.32. The molecule has 8 nitrogen and oxygen atoms in total. The molecule has 1 aliphatic rings. The van der Waals surface area contributed by atoms with Gasteiger partial charge in [-0.2, -0.15) is 13.2 Å². The first-order valence-corrected chi connectivity index (χ1v) is 12.4. The lowest BCUT2D eigenvalue weighted by molar-refractivity contribution is -0.138. The minimum atomic E-state index is -4.56. The number of rotatable bonds is 7. The predicted molar refractivity (Wildman–Crippen MR) is 143 cm³/mol. The summed E-state index contributed by atoms with van der Waals surface area (Å²) in [5.41, 5.74) is 0.596. The summed E-state index contributed by atoms with van der Waals surface area (Å²) in [5.74, 6) is 5.70. The number of H-pyrrole nitrogens is 1. The van der Waals surface area contributed by atoms with Crippen molar-refractivity contribution in [3.05, 3.63) is 82.7 Å². The second-order valence-electron chi connectivity index (χ2n) is 9.08. The molecule has 1 amide bonds. The van der Waals surface area contributed by atoms with Crippen molar-refractivity contribution in [2.75, 3.05) is 25.5 Å². The number of alkyl halides is 3. The molecular weight excluding hydrogens is 507 g/mol. The number of allylic oxidation sites excluding steroid dienone is 1. The Kier molecular flexibility index (Phi) is 8.91. The number of anilines is 1. The summed E-state index contributed by atoms with van der Waals surface area (Å²) in [6.45, 7) is 1.63. The number of imidazole rings is 1. The zero-order valence-electron chi connectivity index (χ0n) is 21.3. The average molecular weight is 536 g/mol. The van der Waals surface area contributed by atoms with E-state index in [-0.39, 0.29) is 23.4 Å². The van der Waals surface area contributed by atoms with Crippen LogP contribution in [0.3, 0.4) is 0 Å². The molecule has 0 saturated carbocycles. The van der Waals surface area contributed by atoms with Gasteiger partial charge in [0.05, 0.1) is 17.3 Å². The lowest BCUT2D eigenvalue weighted by atomic mass is 10.0. The molecule has 202 valence electrons. The van der Waals surface area contributed by atoms with Crippen LogP contribution in [0.15, 0.2) is 48.9 Å². The molecule has 11 heteroatoms. The molecule has 3 heterocycles. The molecule has 1 fully saturated rings. The molecule has 0 bridgehead atoms. The maximum absolute atomic E-state index is 13.9. The fraction of sp³-hybridized carbons (Fsp3) is 0.286. The Hall–Kier alpha value is -4.27. The summed E-state index contributed by atoms with van der Waals surface area (Å²) >= 11 is 0. The normalized spacial score (nSPS) is 14.7. The van der Waals surface area contributed by atoms with Crippen LogP contribution in [0.25, 0.3) is 6.08 Å². The number of hydrogen-bond donors (Lipinski definition) is 4. The van der Waals surface area contributed by atoms with Crippen LogP contribution in [0.2, 0.25) is 0 Å². The predicted octanol–water partition coefficient (Wildman–Crippen LogP) is 4.32. The number of aromatic amines is 1. The third-order valence-electron chi connectivity index (χ3n) is 6.35. The highest BCUT2D eigenvalue weighted by molar-refractivity contribution is 6.04. The molecule has 0 spiro atoms. The Morgan fingerprint density at radius 3 is 2.72 bits per heavy atom. The van der Waals surface area contributed by atoms with Crippen molar-refractivity contribution < 1.29 is 18.0 Å². The molecule has 4 N–H and O–H groups in total.